The fourth-order valence-electron chi connectivity index (χ4n) is 2.98. The summed E-state index contributed by atoms with van der Waals surface area (Å²) in [7, 11) is 0. The van der Waals surface area contributed by atoms with E-state index in [9.17, 15) is 9.59 Å². The number of rotatable bonds is 7. The number of benzene rings is 2. The van der Waals surface area contributed by atoms with Crippen LogP contribution in [0.5, 0.6) is 0 Å². The molecule has 3 aromatic rings. The number of hydrogen-bond acceptors (Lipinski definition) is 2. The molecule has 1 aromatic heterocycles. The zero-order valence-electron chi connectivity index (χ0n) is 15.5. The Morgan fingerprint density at radius 2 is 1.75 bits per heavy atom. The molecule has 2 N–H and O–H groups in total. The lowest BCUT2D eigenvalue weighted by Gasteiger charge is -2.16. The molecule has 0 fully saturated rings. The topological polar surface area (TPSA) is 71.3 Å². The molecule has 144 valence electrons. The number of aliphatic carboxylic acids is 1. The summed E-state index contributed by atoms with van der Waals surface area (Å²) < 4.78 is 1.65. The van der Waals surface area contributed by atoms with Gasteiger partial charge in [-0.25, -0.2) is 0 Å². The third-order valence-electron chi connectivity index (χ3n) is 4.55. The van der Waals surface area contributed by atoms with Gasteiger partial charge in [0, 0.05) is 17.7 Å². The maximum Gasteiger partial charge on any atom is 0.303 e. The van der Waals surface area contributed by atoms with Gasteiger partial charge < -0.3 is 5.11 Å². The number of carbonyl (C=O) groups excluding carboxylic acids is 1. The van der Waals surface area contributed by atoms with E-state index in [4.69, 9.17) is 16.7 Å². The summed E-state index contributed by atoms with van der Waals surface area (Å²) in [5.74, 6) is -1.25. The van der Waals surface area contributed by atoms with Gasteiger partial charge in [0.05, 0.1) is 22.7 Å². The quantitative estimate of drug-likeness (QED) is 0.604. The molecule has 1 heterocycles. The third-order valence-corrected chi connectivity index (χ3v) is 4.88. The predicted molar refractivity (Wildman–Crippen MR) is 110 cm³/mol. The maximum atomic E-state index is 12.8. The van der Waals surface area contributed by atoms with Crippen molar-refractivity contribution in [2.45, 2.75) is 26.2 Å². The molecule has 6 heteroatoms. The van der Waals surface area contributed by atoms with Crippen LogP contribution in [0.4, 0.5) is 0 Å². The van der Waals surface area contributed by atoms with Gasteiger partial charge in [0.15, 0.2) is 0 Å². The fourth-order valence-corrected chi connectivity index (χ4v) is 3.21. The number of carboxylic acid groups (broad SMARTS) is 1. The van der Waals surface area contributed by atoms with E-state index in [0.29, 0.717) is 22.7 Å². The lowest BCUT2D eigenvalue weighted by molar-refractivity contribution is -0.136. The summed E-state index contributed by atoms with van der Waals surface area (Å²) in [6, 6.07) is 18.6. The lowest BCUT2D eigenvalue weighted by Crippen LogP contribution is -2.25. The van der Waals surface area contributed by atoms with Gasteiger partial charge in [-0.15, -0.1) is 0 Å². The van der Waals surface area contributed by atoms with Crippen molar-refractivity contribution in [3.63, 3.8) is 0 Å². The highest BCUT2D eigenvalue weighted by Gasteiger charge is 2.16. The first kappa shape index (κ1) is 19.7. The van der Waals surface area contributed by atoms with Crippen LogP contribution in [0, 0.1) is 0 Å². The van der Waals surface area contributed by atoms with Gasteiger partial charge in [-0.2, -0.15) is 0 Å². The highest BCUT2D eigenvalue weighted by Crippen LogP contribution is 2.24. The second-order valence-electron chi connectivity index (χ2n) is 6.41. The highest BCUT2D eigenvalue weighted by atomic mass is 35.5. The molecule has 0 saturated heterocycles. The first-order valence-corrected chi connectivity index (χ1v) is 9.45. The van der Waals surface area contributed by atoms with Crippen LogP contribution in [0.25, 0.3) is 11.3 Å². The zero-order valence-corrected chi connectivity index (χ0v) is 16.2. The monoisotopic (exact) mass is 396 g/mol. The van der Waals surface area contributed by atoms with Crippen LogP contribution < -0.4 is 5.43 Å². The van der Waals surface area contributed by atoms with Crippen molar-refractivity contribution in [1.82, 2.24) is 4.68 Å². The summed E-state index contributed by atoms with van der Waals surface area (Å²) in [5, 5.41) is 9.38. The van der Waals surface area contributed by atoms with Crippen LogP contribution in [0.15, 0.2) is 60.7 Å². The van der Waals surface area contributed by atoms with E-state index in [2.05, 4.69) is 12.3 Å². The number of aryl methyl sites for hydroxylation is 2. The molecule has 2 aromatic carbocycles. The molecular formula is C22H21ClN2O3. The van der Waals surface area contributed by atoms with Crippen LogP contribution in [-0.4, -0.2) is 21.7 Å². The van der Waals surface area contributed by atoms with E-state index in [1.165, 1.54) is 5.56 Å². The van der Waals surface area contributed by atoms with E-state index < -0.39 is 5.97 Å². The second-order valence-corrected chi connectivity index (χ2v) is 6.82. The Balaban J connectivity index is 1.97. The predicted octanol–water partition coefficient (Wildman–Crippen LogP) is 4.77. The van der Waals surface area contributed by atoms with Crippen molar-refractivity contribution < 1.29 is 14.7 Å². The number of nitrogens with one attached hydrogen (secondary N) is 1. The average Bonchev–Trinajstić information content (AvgIpc) is 3.09. The van der Waals surface area contributed by atoms with Crippen molar-refractivity contribution >= 4 is 23.5 Å². The van der Waals surface area contributed by atoms with Crippen LogP contribution in [-0.2, 0) is 17.6 Å². The number of carboxylic acids is 1. The summed E-state index contributed by atoms with van der Waals surface area (Å²) in [4.78, 5) is 23.8. The molecule has 0 unspecified atom stereocenters. The molecule has 0 atom stereocenters. The minimum absolute atomic E-state index is 0.0276. The summed E-state index contributed by atoms with van der Waals surface area (Å²) in [5.41, 5.74) is 6.85. The van der Waals surface area contributed by atoms with Crippen molar-refractivity contribution in [2.24, 2.45) is 0 Å². The minimum atomic E-state index is -0.890. The Bertz CT molecular complexity index is 993. The molecule has 0 radical (unpaired) electrons. The normalized spacial score (nSPS) is 10.6. The standard InChI is InChI=1S/C22H21ClN2O3/c1-2-15-7-9-16(10-8-15)20-13-11-17(12-14-21(26)27)25(20)24-22(28)18-5-3-4-6-19(18)23/h3-11,13H,2,12,14H2,1H3,(H,24,28)(H,26,27). The molecule has 0 aliphatic heterocycles. The van der Waals surface area contributed by atoms with Crippen molar-refractivity contribution in [2.75, 3.05) is 5.43 Å². The van der Waals surface area contributed by atoms with Gasteiger partial charge >= 0.3 is 5.97 Å². The largest absolute Gasteiger partial charge is 0.481 e. The summed E-state index contributed by atoms with van der Waals surface area (Å²) in [6.45, 7) is 2.09. The minimum Gasteiger partial charge on any atom is -0.481 e. The molecule has 1 amide bonds. The Morgan fingerprint density at radius 1 is 1.04 bits per heavy atom. The van der Waals surface area contributed by atoms with Gasteiger partial charge in [0.1, 0.15) is 0 Å². The first-order chi connectivity index (χ1) is 13.5. The van der Waals surface area contributed by atoms with Gasteiger partial charge in [0.2, 0.25) is 0 Å². The van der Waals surface area contributed by atoms with E-state index >= 15 is 0 Å². The summed E-state index contributed by atoms with van der Waals surface area (Å²) in [6.07, 6.45) is 1.21. The Labute approximate surface area is 168 Å². The Kier molecular flexibility index (Phi) is 6.16. The Morgan fingerprint density at radius 3 is 2.39 bits per heavy atom. The molecule has 0 aliphatic carbocycles. The molecular weight excluding hydrogens is 376 g/mol. The van der Waals surface area contributed by atoms with E-state index in [0.717, 1.165) is 17.7 Å². The number of amides is 1. The van der Waals surface area contributed by atoms with Crippen molar-refractivity contribution in [1.29, 1.82) is 0 Å². The molecule has 0 bridgehead atoms. The van der Waals surface area contributed by atoms with Crippen LogP contribution in [0.1, 0.15) is 35.0 Å². The van der Waals surface area contributed by atoms with Gasteiger partial charge in [-0.1, -0.05) is 54.9 Å². The highest BCUT2D eigenvalue weighted by molar-refractivity contribution is 6.34. The molecule has 5 nitrogen and oxygen atoms in total. The lowest BCUT2D eigenvalue weighted by atomic mass is 10.1. The van der Waals surface area contributed by atoms with Crippen LogP contribution >= 0.6 is 11.6 Å². The van der Waals surface area contributed by atoms with E-state index in [-0.39, 0.29) is 12.3 Å². The Hall–Kier alpha value is -3.05. The van der Waals surface area contributed by atoms with Crippen molar-refractivity contribution in [3.8, 4) is 11.3 Å². The van der Waals surface area contributed by atoms with Gasteiger partial charge in [0.25, 0.3) is 5.91 Å². The number of halogens is 1. The third kappa shape index (κ3) is 4.43. The zero-order chi connectivity index (χ0) is 20.1. The van der Waals surface area contributed by atoms with E-state index in [1.807, 2.05) is 36.4 Å². The fraction of sp³-hybridized carbons (Fsp3) is 0.182. The number of hydrogen-bond donors (Lipinski definition) is 2. The van der Waals surface area contributed by atoms with Gasteiger partial charge in [-0.05, 0) is 36.2 Å². The smallest absolute Gasteiger partial charge is 0.303 e. The number of aromatic nitrogens is 1. The van der Waals surface area contributed by atoms with Crippen LogP contribution in [0.2, 0.25) is 5.02 Å². The second kappa shape index (κ2) is 8.76. The number of carbonyl (C=O) groups is 2. The molecule has 0 aliphatic rings. The summed E-state index contributed by atoms with van der Waals surface area (Å²) >= 11 is 6.14. The first-order valence-electron chi connectivity index (χ1n) is 9.07. The van der Waals surface area contributed by atoms with Crippen LogP contribution in [0.3, 0.4) is 0 Å². The molecule has 0 spiro atoms. The number of nitrogens with zero attached hydrogens (tertiary/aromatic N) is 1. The molecule has 0 saturated carbocycles. The van der Waals surface area contributed by atoms with E-state index in [1.54, 1.807) is 28.9 Å². The van der Waals surface area contributed by atoms with Crippen molar-refractivity contribution in [3.05, 3.63) is 82.5 Å². The molecule has 3 rings (SSSR count). The average molecular weight is 397 g/mol. The maximum absolute atomic E-state index is 12.8. The SMILES string of the molecule is CCc1ccc(-c2ccc(CCC(=O)O)n2NC(=O)c2ccccc2Cl)cc1. The van der Waals surface area contributed by atoms with Gasteiger partial charge in [-0.3, -0.25) is 19.7 Å². The molecule has 28 heavy (non-hydrogen) atoms.